The van der Waals surface area contributed by atoms with Gasteiger partial charge in [-0.2, -0.15) is 0 Å². The smallest absolute Gasteiger partial charge is 0.323 e. The van der Waals surface area contributed by atoms with Crippen LogP contribution in [0.3, 0.4) is 0 Å². The van der Waals surface area contributed by atoms with Crippen molar-refractivity contribution in [2.75, 3.05) is 6.61 Å². The van der Waals surface area contributed by atoms with Gasteiger partial charge in [-0.25, -0.2) is 9.66 Å². The monoisotopic (exact) mass is 379 g/mol. The zero-order valence-corrected chi connectivity index (χ0v) is 17.0. The van der Waals surface area contributed by atoms with E-state index in [4.69, 9.17) is 9.05 Å². The molecule has 2 unspecified atom stereocenters. The fourth-order valence-corrected chi connectivity index (χ4v) is 3.29. The first-order chi connectivity index (χ1) is 8.87. The van der Waals surface area contributed by atoms with Gasteiger partial charge in [-0.05, 0) is 47.4 Å². The molecule has 0 spiro atoms. The van der Waals surface area contributed by atoms with E-state index in [1.807, 2.05) is 6.92 Å². The van der Waals surface area contributed by atoms with Crippen molar-refractivity contribution in [3.05, 3.63) is 12.5 Å². The van der Waals surface area contributed by atoms with Gasteiger partial charge in [0.15, 0.2) is 0 Å². The van der Waals surface area contributed by atoms with E-state index in [0.29, 0.717) is 0 Å². The Morgan fingerprint density at radius 3 is 2.10 bits per heavy atom. The Bertz CT molecular complexity index is 279. The number of aliphatic hydroxyl groups is 1. The second kappa shape index (κ2) is 12.2. The molecule has 0 rings (SSSR count). The van der Waals surface area contributed by atoms with Gasteiger partial charge in [-0.15, -0.1) is 0 Å². The van der Waals surface area contributed by atoms with E-state index in [0.717, 1.165) is 6.42 Å². The molecule has 0 heterocycles. The minimum atomic E-state index is -1.36. The van der Waals surface area contributed by atoms with Crippen LogP contribution in [0.2, 0.25) is 0 Å². The zero-order chi connectivity index (χ0) is 15.0. The molecule has 0 amide bonds. The van der Waals surface area contributed by atoms with Crippen molar-refractivity contribution in [3.8, 4) is 0 Å². The van der Waals surface area contributed by atoms with Crippen LogP contribution in [0.1, 0.15) is 41.0 Å². The predicted molar refractivity (Wildman–Crippen MR) is 81.1 cm³/mol. The largest absolute Gasteiger partial charge is 0.418 e. The van der Waals surface area contributed by atoms with Crippen molar-refractivity contribution < 1.29 is 46.9 Å². The number of nitrogens with zero attached hydrogens (tertiary/aromatic N) is 2. The molecule has 0 aromatic carbocycles. The summed E-state index contributed by atoms with van der Waals surface area (Å²) in [6.07, 6.45) is 0.472. The van der Waals surface area contributed by atoms with Crippen LogP contribution in [0.5, 0.6) is 0 Å². The fourth-order valence-electron chi connectivity index (χ4n) is 1.58. The van der Waals surface area contributed by atoms with Gasteiger partial charge < -0.3 is 14.2 Å². The van der Waals surface area contributed by atoms with Crippen molar-refractivity contribution in [1.29, 1.82) is 0 Å². The summed E-state index contributed by atoms with van der Waals surface area (Å²) in [4.78, 5) is 3.67. The Labute approximate surface area is 149 Å². The van der Waals surface area contributed by atoms with Gasteiger partial charge in [0.25, 0.3) is 0 Å². The van der Waals surface area contributed by atoms with E-state index in [-0.39, 0.29) is 63.4 Å². The Morgan fingerprint density at radius 2 is 1.80 bits per heavy atom. The molecule has 1 N–H and O–H groups in total. The molecule has 7 heteroatoms. The molecule has 0 aromatic heterocycles. The zero-order valence-electron chi connectivity index (χ0n) is 13.2. The molecule has 20 heavy (non-hydrogen) atoms. The standard InChI is InChI=1S/C13H27N2O3P.Y/c1-8-13(9-16)18-19(17-12(6)14-7)15(10(2)3)11(4)5;/h10-11,13,16H,6-9H2,1-5H3;. The Hall–Kier alpha value is 0.624. The Kier molecular flexibility index (Phi) is 14.0. The molecule has 0 bridgehead atoms. The fraction of sp³-hybridized carbons (Fsp3) is 0.769. The molecule has 5 nitrogen and oxygen atoms in total. The van der Waals surface area contributed by atoms with Crippen LogP contribution in [0.15, 0.2) is 17.5 Å². The summed E-state index contributed by atoms with van der Waals surface area (Å²) in [5, 5.41) is 9.28. The van der Waals surface area contributed by atoms with Crippen LogP contribution < -0.4 is 0 Å². The summed E-state index contributed by atoms with van der Waals surface area (Å²) >= 11 is 0. The average Bonchev–Trinajstić information content (AvgIpc) is 2.34. The topological polar surface area (TPSA) is 54.3 Å². The Balaban J connectivity index is 0. The van der Waals surface area contributed by atoms with Crippen molar-refractivity contribution in [3.63, 3.8) is 0 Å². The van der Waals surface area contributed by atoms with Gasteiger partial charge in [0.2, 0.25) is 5.88 Å². The van der Waals surface area contributed by atoms with Gasteiger partial charge in [0, 0.05) is 44.8 Å². The molecule has 0 aliphatic heterocycles. The first-order valence-electron chi connectivity index (χ1n) is 6.56. The first kappa shape index (κ1) is 22.9. The van der Waals surface area contributed by atoms with E-state index in [1.54, 1.807) is 0 Å². The number of rotatable bonds is 10. The van der Waals surface area contributed by atoms with Crippen LogP contribution in [-0.2, 0) is 41.8 Å². The first-order valence-corrected chi connectivity index (χ1v) is 7.69. The second-order valence-corrected chi connectivity index (χ2v) is 6.10. The minimum Gasteiger partial charge on any atom is -0.418 e. The average molecular weight is 379 g/mol. The summed E-state index contributed by atoms with van der Waals surface area (Å²) in [5.41, 5.74) is 0. The number of hydrogen-bond donors (Lipinski definition) is 1. The van der Waals surface area contributed by atoms with E-state index in [2.05, 4.69) is 50.7 Å². The van der Waals surface area contributed by atoms with E-state index >= 15 is 0 Å². The van der Waals surface area contributed by atoms with Gasteiger partial charge in [0.05, 0.1) is 12.7 Å². The molecule has 0 saturated heterocycles. The molecular formula is C13H27N2O3PY. The normalized spacial score (nSPS) is 14.1. The quantitative estimate of drug-likeness (QED) is 0.360. The summed E-state index contributed by atoms with van der Waals surface area (Å²) < 4.78 is 13.6. The summed E-state index contributed by atoms with van der Waals surface area (Å²) in [7, 11) is -1.36. The van der Waals surface area contributed by atoms with E-state index < -0.39 is 8.53 Å². The molecule has 0 aliphatic rings. The third-order valence-corrected chi connectivity index (χ3v) is 4.65. The van der Waals surface area contributed by atoms with Crippen molar-refractivity contribution in [2.24, 2.45) is 4.99 Å². The predicted octanol–water partition coefficient (Wildman–Crippen LogP) is 3.31. The molecule has 0 fully saturated rings. The van der Waals surface area contributed by atoms with E-state index in [1.165, 1.54) is 0 Å². The SMILES string of the molecule is C=NC(=C)OP(OC(CC)CO)N(C(C)C)C(C)C.[Y]. The number of aliphatic hydroxyl groups excluding tert-OH is 1. The maximum absolute atomic E-state index is 9.28. The van der Waals surface area contributed by atoms with E-state index in [9.17, 15) is 5.11 Å². The minimum absolute atomic E-state index is 0. The van der Waals surface area contributed by atoms with Crippen LogP contribution in [0.4, 0.5) is 0 Å². The summed E-state index contributed by atoms with van der Waals surface area (Å²) in [6.45, 7) is 17.3. The molecule has 0 aromatic rings. The van der Waals surface area contributed by atoms with Crippen LogP contribution in [0, 0.1) is 0 Å². The second-order valence-electron chi connectivity index (χ2n) is 4.77. The third kappa shape index (κ3) is 8.16. The molecule has 2 atom stereocenters. The summed E-state index contributed by atoms with van der Waals surface area (Å²) in [6, 6.07) is 0.500. The molecular weight excluding hydrogens is 352 g/mol. The molecule has 115 valence electrons. The molecule has 1 radical (unpaired) electrons. The van der Waals surface area contributed by atoms with Gasteiger partial charge in [-0.1, -0.05) is 6.92 Å². The van der Waals surface area contributed by atoms with Gasteiger partial charge in [-0.3, -0.25) is 0 Å². The number of aliphatic imine (C=N–C) groups is 1. The van der Waals surface area contributed by atoms with Crippen LogP contribution >= 0.6 is 8.53 Å². The van der Waals surface area contributed by atoms with Crippen molar-refractivity contribution in [1.82, 2.24) is 4.67 Å². The van der Waals surface area contributed by atoms with Crippen molar-refractivity contribution >= 4 is 15.2 Å². The number of hydrogen-bond acceptors (Lipinski definition) is 5. The van der Waals surface area contributed by atoms with Gasteiger partial charge >= 0.3 is 8.53 Å². The van der Waals surface area contributed by atoms with Crippen LogP contribution in [-0.4, -0.2) is 41.3 Å². The summed E-state index contributed by atoms with van der Waals surface area (Å²) in [5.74, 6) is 0.241. The third-order valence-electron chi connectivity index (χ3n) is 2.50. The molecule has 0 saturated carbocycles. The Morgan fingerprint density at radius 1 is 1.30 bits per heavy atom. The molecule has 0 aliphatic carbocycles. The van der Waals surface area contributed by atoms with Gasteiger partial charge in [0.1, 0.15) is 0 Å². The maximum atomic E-state index is 9.28. The van der Waals surface area contributed by atoms with Crippen LogP contribution in [0.25, 0.3) is 0 Å². The maximum Gasteiger partial charge on any atom is 0.323 e. The van der Waals surface area contributed by atoms with Crippen molar-refractivity contribution in [2.45, 2.75) is 59.2 Å².